The van der Waals surface area contributed by atoms with Gasteiger partial charge in [-0.15, -0.1) is 0 Å². The summed E-state index contributed by atoms with van der Waals surface area (Å²) >= 11 is 0. The maximum atomic E-state index is 12.8. The minimum Gasteiger partial charge on any atom is -0.353 e. The molecule has 1 saturated heterocycles. The van der Waals surface area contributed by atoms with Gasteiger partial charge < -0.3 is 10.2 Å². The monoisotopic (exact) mass is 433 g/mol. The Bertz CT molecular complexity index is 1050. The number of nitrogens with zero attached hydrogens (tertiary/aromatic N) is 2. The molecule has 0 atom stereocenters. The van der Waals surface area contributed by atoms with Crippen molar-refractivity contribution in [2.24, 2.45) is 0 Å². The summed E-state index contributed by atoms with van der Waals surface area (Å²) in [7, 11) is 0. The standard InChI is InChI=1S/C25H27N3O4/c1-16-7-8-18(15-17(16)2)23(30)27-12-9-19(10-13-27)26-22(29)11-14-28-24(31)20-5-3-4-6-21(20)25(28)32/h3-8,15,19H,9-14H2,1-2H3,(H,26,29). The summed E-state index contributed by atoms with van der Waals surface area (Å²) in [6, 6.07) is 12.4. The number of hydrogen-bond donors (Lipinski definition) is 1. The number of nitrogens with one attached hydrogen (secondary N) is 1. The van der Waals surface area contributed by atoms with Crippen LogP contribution in [0.3, 0.4) is 0 Å². The molecule has 0 unspecified atom stereocenters. The van der Waals surface area contributed by atoms with Crippen molar-refractivity contribution in [1.29, 1.82) is 0 Å². The van der Waals surface area contributed by atoms with E-state index in [9.17, 15) is 19.2 Å². The highest BCUT2D eigenvalue weighted by Crippen LogP contribution is 2.22. The molecule has 2 aromatic rings. The molecule has 7 nitrogen and oxygen atoms in total. The molecule has 7 heteroatoms. The molecule has 4 amide bonds. The molecule has 166 valence electrons. The molecule has 32 heavy (non-hydrogen) atoms. The fourth-order valence-corrected chi connectivity index (χ4v) is 4.24. The number of likely N-dealkylation sites (tertiary alicyclic amines) is 1. The molecule has 2 heterocycles. The SMILES string of the molecule is Cc1ccc(C(=O)N2CCC(NC(=O)CCN3C(=O)c4ccccc4C3=O)CC2)cc1C. The minimum absolute atomic E-state index is 0.0171. The first-order valence-corrected chi connectivity index (χ1v) is 11.0. The lowest BCUT2D eigenvalue weighted by molar-refractivity contribution is -0.122. The lowest BCUT2D eigenvalue weighted by Gasteiger charge is -2.32. The number of rotatable bonds is 5. The van der Waals surface area contributed by atoms with Crippen LogP contribution in [0.4, 0.5) is 0 Å². The highest BCUT2D eigenvalue weighted by atomic mass is 16.2. The average molecular weight is 434 g/mol. The van der Waals surface area contributed by atoms with E-state index in [1.165, 1.54) is 0 Å². The Balaban J connectivity index is 1.24. The van der Waals surface area contributed by atoms with Gasteiger partial charge in [0.1, 0.15) is 0 Å². The largest absolute Gasteiger partial charge is 0.353 e. The third-order valence-corrected chi connectivity index (χ3v) is 6.34. The van der Waals surface area contributed by atoms with Crippen molar-refractivity contribution < 1.29 is 19.2 Å². The lowest BCUT2D eigenvalue weighted by atomic mass is 10.0. The number of piperidine rings is 1. The van der Waals surface area contributed by atoms with Crippen LogP contribution in [0.5, 0.6) is 0 Å². The van der Waals surface area contributed by atoms with Gasteiger partial charge in [0.15, 0.2) is 0 Å². The summed E-state index contributed by atoms with van der Waals surface area (Å²) in [4.78, 5) is 52.9. The maximum absolute atomic E-state index is 12.8. The first-order valence-electron chi connectivity index (χ1n) is 11.0. The molecule has 0 aromatic heterocycles. The second-order valence-electron chi connectivity index (χ2n) is 8.49. The molecule has 2 aliphatic rings. The molecule has 0 saturated carbocycles. The number of carbonyl (C=O) groups excluding carboxylic acids is 4. The zero-order valence-electron chi connectivity index (χ0n) is 18.4. The van der Waals surface area contributed by atoms with Crippen LogP contribution in [0.25, 0.3) is 0 Å². The third-order valence-electron chi connectivity index (χ3n) is 6.34. The Hall–Kier alpha value is -3.48. The van der Waals surface area contributed by atoms with Crippen LogP contribution in [0.2, 0.25) is 0 Å². The quantitative estimate of drug-likeness (QED) is 0.735. The first kappa shape index (κ1) is 21.7. The van der Waals surface area contributed by atoms with Crippen molar-refractivity contribution in [1.82, 2.24) is 15.1 Å². The maximum Gasteiger partial charge on any atom is 0.261 e. The zero-order chi connectivity index (χ0) is 22.8. The summed E-state index contributed by atoms with van der Waals surface area (Å²) in [5.41, 5.74) is 3.72. The first-order chi connectivity index (χ1) is 15.3. The van der Waals surface area contributed by atoms with E-state index in [1.54, 1.807) is 24.3 Å². The predicted molar refractivity (Wildman–Crippen MR) is 119 cm³/mol. The molecule has 0 spiro atoms. The van der Waals surface area contributed by atoms with Crippen LogP contribution in [0.1, 0.15) is 61.5 Å². The molecule has 2 aromatic carbocycles. The van der Waals surface area contributed by atoms with Gasteiger partial charge in [0, 0.05) is 37.7 Å². The van der Waals surface area contributed by atoms with E-state index in [0.717, 1.165) is 16.0 Å². The molecule has 2 aliphatic heterocycles. The van der Waals surface area contributed by atoms with Crippen LogP contribution in [0, 0.1) is 13.8 Å². The number of benzene rings is 2. The fourth-order valence-electron chi connectivity index (χ4n) is 4.24. The van der Waals surface area contributed by atoms with E-state index in [4.69, 9.17) is 0 Å². The molecule has 4 rings (SSSR count). The van der Waals surface area contributed by atoms with Crippen molar-refractivity contribution >= 4 is 23.6 Å². The number of hydrogen-bond acceptors (Lipinski definition) is 4. The van der Waals surface area contributed by atoms with Gasteiger partial charge in [0.25, 0.3) is 17.7 Å². The summed E-state index contributed by atoms with van der Waals surface area (Å²) in [5, 5.41) is 2.98. The van der Waals surface area contributed by atoms with Crippen molar-refractivity contribution in [2.45, 2.75) is 39.2 Å². The number of amides is 4. The average Bonchev–Trinajstić information content (AvgIpc) is 3.04. The topological polar surface area (TPSA) is 86.8 Å². The zero-order valence-corrected chi connectivity index (χ0v) is 18.4. The van der Waals surface area contributed by atoms with E-state index >= 15 is 0 Å². The minimum atomic E-state index is -0.350. The summed E-state index contributed by atoms with van der Waals surface area (Å²) in [5.74, 6) is -0.878. The molecular formula is C25H27N3O4. The Kier molecular flexibility index (Phi) is 6.08. The Morgan fingerprint density at radius 1 is 0.938 bits per heavy atom. The van der Waals surface area contributed by atoms with Crippen LogP contribution in [0.15, 0.2) is 42.5 Å². The van der Waals surface area contributed by atoms with Gasteiger partial charge in [-0.05, 0) is 62.1 Å². The fraction of sp³-hybridized carbons (Fsp3) is 0.360. The molecular weight excluding hydrogens is 406 g/mol. The van der Waals surface area contributed by atoms with Crippen molar-refractivity contribution in [3.63, 3.8) is 0 Å². The van der Waals surface area contributed by atoms with Crippen LogP contribution < -0.4 is 5.32 Å². The van der Waals surface area contributed by atoms with E-state index in [0.29, 0.717) is 42.6 Å². The number of carbonyl (C=O) groups is 4. The predicted octanol–water partition coefficient (Wildman–Crippen LogP) is 2.71. The number of imide groups is 1. The van der Waals surface area contributed by atoms with E-state index in [1.807, 2.05) is 36.9 Å². The van der Waals surface area contributed by atoms with E-state index < -0.39 is 0 Å². The second-order valence-corrected chi connectivity index (χ2v) is 8.49. The summed E-state index contributed by atoms with van der Waals surface area (Å²) < 4.78 is 0. The summed E-state index contributed by atoms with van der Waals surface area (Å²) in [6.07, 6.45) is 1.41. The van der Waals surface area contributed by atoms with E-state index in [-0.39, 0.29) is 42.6 Å². The van der Waals surface area contributed by atoms with Crippen LogP contribution >= 0.6 is 0 Å². The van der Waals surface area contributed by atoms with Crippen molar-refractivity contribution in [3.05, 3.63) is 70.3 Å². The Labute approximate surface area is 187 Å². The summed E-state index contributed by atoms with van der Waals surface area (Å²) in [6.45, 7) is 5.23. The van der Waals surface area contributed by atoms with Crippen LogP contribution in [-0.2, 0) is 4.79 Å². The Morgan fingerprint density at radius 3 is 2.16 bits per heavy atom. The lowest BCUT2D eigenvalue weighted by Crippen LogP contribution is -2.47. The normalized spacial score (nSPS) is 16.3. The van der Waals surface area contributed by atoms with Gasteiger partial charge in [0.2, 0.25) is 5.91 Å². The second kappa shape index (κ2) is 8.94. The molecule has 1 fully saturated rings. The van der Waals surface area contributed by atoms with Gasteiger partial charge in [-0.1, -0.05) is 18.2 Å². The molecule has 1 N–H and O–H groups in total. The number of aryl methyl sites for hydroxylation is 2. The highest BCUT2D eigenvalue weighted by molar-refractivity contribution is 6.21. The van der Waals surface area contributed by atoms with Gasteiger partial charge in [-0.25, -0.2) is 0 Å². The van der Waals surface area contributed by atoms with E-state index in [2.05, 4.69) is 5.32 Å². The highest BCUT2D eigenvalue weighted by Gasteiger charge is 2.35. The van der Waals surface area contributed by atoms with Crippen molar-refractivity contribution in [2.75, 3.05) is 19.6 Å². The molecule has 0 aliphatic carbocycles. The molecule has 0 bridgehead atoms. The smallest absolute Gasteiger partial charge is 0.261 e. The van der Waals surface area contributed by atoms with Gasteiger partial charge in [-0.2, -0.15) is 0 Å². The van der Waals surface area contributed by atoms with Gasteiger partial charge in [-0.3, -0.25) is 24.1 Å². The van der Waals surface area contributed by atoms with Crippen LogP contribution in [-0.4, -0.2) is 59.1 Å². The van der Waals surface area contributed by atoms with Crippen molar-refractivity contribution in [3.8, 4) is 0 Å². The third kappa shape index (κ3) is 4.28. The molecule has 0 radical (unpaired) electrons. The number of fused-ring (bicyclic) bond motifs is 1. The Morgan fingerprint density at radius 2 is 1.56 bits per heavy atom. The van der Waals surface area contributed by atoms with Gasteiger partial charge in [0.05, 0.1) is 11.1 Å². The van der Waals surface area contributed by atoms with Gasteiger partial charge >= 0.3 is 0 Å².